The lowest BCUT2D eigenvalue weighted by molar-refractivity contribution is -0.126. The number of thiophene rings is 1. The van der Waals surface area contributed by atoms with E-state index < -0.39 is 5.92 Å². The fraction of sp³-hybridized carbons (Fsp3) is 0.294. The largest absolute Gasteiger partial charge is 0.351 e. The van der Waals surface area contributed by atoms with Crippen molar-refractivity contribution in [1.82, 2.24) is 5.32 Å². The normalized spacial score (nSPS) is 16.8. The van der Waals surface area contributed by atoms with Crippen molar-refractivity contribution in [3.05, 3.63) is 51.7 Å². The number of anilines is 1. The zero-order valence-corrected chi connectivity index (χ0v) is 13.2. The second-order valence-corrected chi connectivity index (χ2v) is 6.58. The fourth-order valence-electron chi connectivity index (χ4n) is 2.65. The second-order valence-electron chi connectivity index (χ2n) is 5.33. The van der Waals surface area contributed by atoms with Crippen molar-refractivity contribution < 1.29 is 9.59 Å². The van der Waals surface area contributed by atoms with Crippen molar-refractivity contribution in [2.24, 2.45) is 0 Å². The van der Waals surface area contributed by atoms with Gasteiger partial charge in [0.05, 0.1) is 12.5 Å². The van der Waals surface area contributed by atoms with Gasteiger partial charge in [0.1, 0.15) is 0 Å². The van der Waals surface area contributed by atoms with Gasteiger partial charge in [0.25, 0.3) is 0 Å². The van der Waals surface area contributed by atoms with Gasteiger partial charge in [-0.2, -0.15) is 0 Å². The standard InChI is InChI=1S/C17H18N2O2S/c1-2-11-7-8-12(22-11)10-18-17(21)14-9-16(20)19-15-6-4-3-5-13(14)15/h3-8,14H,2,9-10H2,1H3,(H,18,21)(H,19,20). The van der Waals surface area contributed by atoms with Crippen LogP contribution in [0.15, 0.2) is 36.4 Å². The van der Waals surface area contributed by atoms with E-state index >= 15 is 0 Å². The molecule has 2 aromatic rings. The number of para-hydroxylation sites is 1. The minimum absolute atomic E-state index is 0.0891. The maximum absolute atomic E-state index is 12.5. The third-order valence-corrected chi connectivity index (χ3v) is 5.05. The van der Waals surface area contributed by atoms with Crippen molar-refractivity contribution in [1.29, 1.82) is 0 Å². The van der Waals surface area contributed by atoms with Crippen molar-refractivity contribution in [2.75, 3.05) is 5.32 Å². The van der Waals surface area contributed by atoms with Crippen LogP contribution >= 0.6 is 11.3 Å². The molecule has 0 aliphatic carbocycles. The number of hydrogen-bond acceptors (Lipinski definition) is 3. The third kappa shape index (κ3) is 3.04. The van der Waals surface area contributed by atoms with Gasteiger partial charge in [-0.1, -0.05) is 25.1 Å². The lowest BCUT2D eigenvalue weighted by Crippen LogP contribution is -2.34. The number of fused-ring (bicyclic) bond motifs is 1. The van der Waals surface area contributed by atoms with Crippen LogP contribution in [0.5, 0.6) is 0 Å². The first-order chi connectivity index (χ1) is 10.7. The third-order valence-electron chi connectivity index (χ3n) is 3.82. The molecule has 4 nitrogen and oxygen atoms in total. The summed E-state index contributed by atoms with van der Waals surface area (Å²) < 4.78 is 0. The van der Waals surface area contributed by atoms with E-state index in [0.29, 0.717) is 6.54 Å². The molecular formula is C17H18N2O2S. The topological polar surface area (TPSA) is 58.2 Å². The van der Waals surface area contributed by atoms with Crippen LogP contribution in [0.4, 0.5) is 5.69 Å². The maximum Gasteiger partial charge on any atom is 0.228 e. The highest BCUT2D eigenvalue weighted by Crippen LogP contribution is 2.32. The van der Waals surface area contributed by atoms with Gasteiger partial charge in [0.2, 0.25) is 11.8 Å². The zero-order chi connectivity index (χ0) is 15.5. The molecule has 0 saturated heterocycles. The minimum Gasteiger partial charge on any atom is -0.351 e. The van der Waals surface area contributed by atoms with Crippen molar-refractivity contribution in [3.63, 3.8) is 0 Å². The highest BCUT2D eigenvalue weighted by atomic mass is 32.1. The van der Waals surface area contributed by atoms with E-state index in [2.05, 4.69) is 23.6 Å². The van der Waals surface area contributed by atoms with Gasteiger partial charge in [0, 0.05) is 21.9 Å². The molecule has 114 valence electrons. The Balaban J connectivity index is 1.71. The van der Waals surface area contributed by atoms with Crippen molar-refractivity contribution in [2.45, 2.75) is 32.2 Å². The molecule has 0 spiro atoms. The molecule has 1 aliphatic rings. The molecule has 1 atom stereocenters. The molecular weight excluding hydrogens is 296 g/mol. The maximum atomic E-state index is 12.5. The number of aryl methyl sites for hydroxylation is 1. The zero-order valence-electron chi connectivity index (χ0n) is 12.4. The Labute approximate surface area is 133 Å². The van der Waals surface area contributed by atoms with E-state index in [4.69, 9.17) is 0 Å². The van der Waals surface area contributed by atoms with Crippen molar-refractivity contribution >= 4 is 28.8 Å². The number of amides is 2. The molecule has 1 aromatic heterocycles. The Morgan fingerprint density at radius 2 is 2.05 bits per heavy atom. The van der Waals surface area contributed by atoms with Crippen LogP contribution in [0.3, 0.4) is 0 Å². The molecule has 3 rings (SSSR count). The Hall–Kier alpha value is -2.14. The van der Waals surface area contributed by atoms with Gasteiger partial charge in [-0.05, 0) is 30.2 Å². The van der Waals surface area contributed by atoms with Gasteiger partial charge in [0.15, 0.2) is 0 Å². The summed E-state index contributed by atoms with van der Waals surface area (Å²) >= 11 is 1.71. The molecule has 22 heavy (non-hydrogen) atoms. The quantitative estimate of drug-likeness (QED) is 0.911. The van der Waals surface area contributed by atoms with Crippen LogP contribution in [0.25, 0.3) is 0 Å². The van der Waals surface area contributed by atoms with Crippen LogP contribution in [0, 0.1) is 0 Å². The highest BCUT2D eigenvalue weighted by molar-refractivity contribution is 7.11. The molecule has 0 radical (unpaired) electrons. The molecule has 0 fully saturated rings. The SMILES string of the molecule is CCc1ccc(CNC(=O)C2CC(=O)Nc3ccccc32)s1. The lowest BCUT2D eigenvalue weighted by Gasteiger charge is -2.24. The molecule has 1 aliphatic heterocycles. The number of rotatable bonds is 4. The Morgan fingerprint density at radius 1 is 1.27 bits per heavy atom. The number of benzene rings is 1. The van der Waals surface area contributed by atoms with E-state index in [1.807, 2.05) is 30.3 Å². The van der Waals surface area contributed by atoms with Crippen LogP contribution in [-0.2, 0) is 22.6 Å². The van der Waals surface area contributed by atoms with Crippen LogP contribution in [-0.4, -0.2) is 11.8 Å². The van der Waals surface area contributed by atoms with E-state index in [0.717, 1.165) is 22.5 Å². The van der Waals surface area contributed by atoms with Crippen LogP contribution in [0.1, 0.15) is 34.6 Å². The smallest absolute Gasteiger partial charge is 0.228 e. The summed E-state index contributed by atoms with van der Waals surface area (Å²) in [6.45, 7) is 2.63. The lowest BCUT2D eigenvalue weighted by atomic mass is 9.90. The average molecular weight is 314 g/mol. The summed E-state index contributed by atoms with van der Waals surface area (Å²) in [5, 5.41) is 5.77. The Morgan fingerprint density at radius 3 is 2.82 bits per heavy atom. The molecule has 2 heterocycles. The summed E-state index contributed by atoms with van der Waals surface area (Å²) in [6.07, 6.45) is 1.21. The number of nitrogens with one attached hydrogen (secondary N) is 2. The van der Waals surface area contributed by atoms with Gasteiger partial charge >= 0.3 is 0 Å². The molecule has 0 saturated carbocycles. The number of carbonyl (C=O) groups excluding carboxylic acids is 2. The van der Waals surface area contributed by atoms with Crippen molar-refractivity contribution in [3.8, 4) is 0 Å². The van der Waals surface area contributed by atoms with E-state index in [1.54, 1.807) is 11.3 Å². The van der Waals surface area contributed by atoms with Gasteiger partial charge in [-0.25, -0.2) is 0 Å². The first-order valence-corrected chi connectivity index (χ1v) is 8.23. The number of hydrogen-bond donors (Lipinski definition) is 2. The van der Waals surface area contributed by atoms with Gasteiger partial charge < -0.3 is 10.6 Å². The monoisotopic (exact) mass is 314 g/mol. The van der Waals surface area contributed by atoms with E-state index in [1.165, 1.54) is 4.88 Å². The second kappa shape index (κ2) is 6.32. The number of carbonyl (C=O) groups is 2. The predicted octanol–water partition coefficient (Wildman–Crippen LogP) is 3.05. The Bertz CT molecular complexity index is 708. The molecule has 2 amide bonds. The van der Waals surface area contributed by atoms with Crippen LogP contribution < -0.4 is 10.6 Å². The predicted molar refractivity (Wildman–Crippen MR) is 88.0 cm³/mol. The average Bonchev–Trinajstić information content (AvgIpc) is 2.99. The minimum atomic E-state index is -0.407. The highest BCUT2D eigenvalue weighted by Gasteiger charge is 2.30. The summed E-state index contributed by atoms with van der Waals surface area (Å²) in [5.74, 6) is -0.604. The molecule has 1 unspecified atom stereocenters. The molecule has 5 heteroatoms. The summed E-state index contributed by atoms with van der Waals surface area (Å²) in [7, 11) is 0. The fourth-order valence-corrected chi connectivity index (χ4v) is 3.55. The van der Waals surface area contributed by atoms with E-state index in [-0.39, 0.29) is 18.2 Å². The molecule has 2 N–H and O–H groups in total. The van der Waals surface area contributed by atoms with Gasteiger partial charge in [-0.15, -0.1) is 11.3 Å². The molecule has 1 aromatic carbocycles. The van der Waals surface area contributed by atoms with E-state index in [9.17, 15) is 9.59 Å². The first kappa shape index (κ1) is 14.8. The first-order valence-electron chi connectivity index (χ1n) is 7.41. The van der Waals surface area contributed by atoms with Gasteiger partial charge in [-0.3, -0.25) is 9.59 Å². The molecule has 0 bridgehead atoms. The summed E-state index contributed by atoms with van der Waals surface area (Å²) in [4.78, 5) is 26.7. The summed E-state index contributed by atoms with van der Waals surface area (Å²) in [5.41, 5.74) is 1.63. The van der Waals surface area contributed by atoms with Crippen LogP contribution in [0.2, 0.25) is 0 Å². The Kier molecular flexibility index (Phi) is 4.24. The summed E-state index contributed by atoms with van der Waals surface area (Å²) in [6, 6.07) is 11.6.